The number of halogens is 3. The summed E-state index contributed by atoms with van der Waals surface area (Å²) in [6, 6.07) is 10.0. The van der Waals surface area contributed by atoms with E-state index < -0.39 is 0 Å². The summed E-state index contributed by atoms with van der Waals surface area (Å²) in [6.45, 7) is 3.10. The number of benzene rings is 1. The van der Waals surface area contributed by atoms with Crippen molar-refractivity contribution in [3.63, 3.8) is 0 Å². The fourth-order valence-corrected chi connectivity index (χ4v) is 4.29. The molecule has 0 saturated carbocycles. The van der Waals surface area contributed by atoms with Crippen LogP contribution in [0.3, 0.4) is 0 Å². The molecule has 108 valence electrons. The van der Waals surface area contributed by atoms with Gasteiger partial charge >= 0.3 is 0 Å². The minimum Gasteiger partial charge on any atom is -0.310 e. The number of nitrogens with one attached hydrogen (secondary N) is 1. The number of thiophene rings is 1. The molecule has 1 aromatic carbocycles. The zero-order chi connectivity index (χ0) is 14.5. The van der Waals surface area contributed by atoms with Gasteiger partial charge in [0.25, 0.3) is 0 Å². The number of rotatable bonds is 6. The van der Waals surface area contributed by atoms with Crippen molar-refractivity contribution < 1.29 is 0 Å². The van der Waals surface area contributed by atoms with E-state index in [1.54, 1.807) is 11.3 Å². The topological polar surface area (TPSA) is 12.0 Å². The van der Waals surface area contributed by atoms with Crippen molar-refractivity contribution in [1.29, 1.82) is 0 Å². The Morgan fingerprint density at radius 2 is 1.90 bits per heavy atom. The monoisotopic (exact) mass is 391 g/mol. The summed E-state index contributed by atoms with van der Waals surface area (Å²) in [5.74, 6) is 0. The summed E-state index contributed by atoms with van der Waals surface area (Å²) in [5, 5.41) is 5.00. The van der Waals surface area contributed by atoms with Crippen molar-refractivity contribution in [2.75, 3.05) is 6.54 Å². The van der Waals surface area contributed by atoms with Gasteiger partial charge in [-0.3, -0.25) is 0 Å². The molecule has 5 heteroatoms. The Kier molecular flexibility index (Phi) is 6.37. The normalized spacial score (nSPS) is 12.6. The SMILES string of the molecule is CCCNC(Cc1ccc(Br)s1)c1c(Cl)cccc1Cl. The van der Waals surface area contributed by atoms with Crippen LogP contribution in [0.15, 0.2) is 34.1 Å². The van der Waals surface area contributed by atoms with Crippen molar-refractivity contribution in [1.82, 2.24) is 5.32 Å². The maximum absolute atomic E-state index is 6.34. The van der Waals surface area contributed by atoms with E-state index in [1.165, 1.54) is 4.88 Å². The Morgan fingerprint density at radius 3 is 2.45 bits per heavy atom. The van der Waals surface area contributed by atoms with Crippen molar-refractivity contribution in [2.45, 2.75) is 25.8 Å². The standard InChI is InChI=1S/C15H16BrCl2NS/c1-2-8-19-13(9-10-6-7-14(16)20-10)15-11(17)4-3-5-12(15)18/h3-7,13,19H,2,8-9H2,1H3. The smallest absolute Gasteiger partial charge is 0.0701 e. The first-order valence-corrected chi connectivity index (χ1v) is 8.90. The molecular formula is C15H16BrCl2NS. The lowest BCUT2D eigenvalue weighted by Gasteiger charge is -2.21. The molecule has 1 aromatic heterocycles. The summed E-state index contributed by atoms with van der Waals surface area (Å²) in [6.07, 6.45) is 1.96. The second-order valence-electron chi connectivity index (χ2n) is 4.55. The zero-order valence-corrected chi connectivity index (χ0v) is 15.0. The van der Waals surface area contributed by atoms with E-state index in [4.69, 9.17) is 23.2 Å². The molecule has 1 nitrogen and oxygen atoms in total. The molecule has 0 saturated heterocycles. The molecule has 1 heterocycles. The highest BCUT2D eigenvalue weighted by Gasteiger charge is 2.18. The van der Waals surface area contributed by atoms with Crippen LogP contribution in [0.4, 0.5) is 0 Å². The van der Waals surface area contributed by atoms with Crippen LogP contribution in [0.1, 0.15) is 29.8 Å². The van der Waals surface area contributed by atoms with Crippen LogP contribution in [-0.2, 0) is 6.42 Å². The Balaban J connectivity index is 2.27. The van der Waals surface area contributed by atoms with Crippen LogP contribution < -0.4 is 5.32 Å². The van der Waals surface area contributed by atoms with Crippen LogP contribution in [0, 0.1) is 0 Å². The second kappa shape index (κ2) is 7.81. The molecule has 0 amide bonds. The van der Waals surface area contributed by atoms with Gasteiger partial charge < -0.3 is 5.32 Å². The van der Waals surface area contributed by atoms with Gasteiger partial charge in [-0.1, -0.05) is 36.2 Å². The average molecular weight is 393 g/mol. The summed E-state index contributed by atoms with van der Waals surface area (Å²) < 4.78 is 1.15. The van der Waals surface area contributed by atoms with Crippen molar-refractivity contribution in [3.8, 4) is 0 Å². The van der Waals surface area contributed by atoms with Gasteiger partial charge in [0.2, 0.25) is 0 Å². The van der Waals surface area contributed by atoms with E-state index in [-0.39, 0.29) is 6.04 Å². The van der Waals surface area contributed by atoms with Gasteiger partial charge in [0.05, 0.1) is 3.79 Å². The predicted molar refractivity (Wildman–Crippen MR) is 93.2 cm³/mol. The van der Waals surface area contributed by atoms with Gasteiger partial charge in [0.1, 0.15) is 0 Å². The molecule has 2 aromatic rings. The van der Waals surface area contributed by atoms with E-state index in [2.05, 4.69) is 40.3 Å². The number of hydrogen-bond donors (Lipinski definition) is 1. The third-order valence-electron chi connectivity index (χ3n) is 3.02. The van der Waals surface area contributed by atoms with Gasteiger partial charge in [0.15, 0.2) is 0 Å². The lowest BCUT2D eigenvalue weighted by molar-refractivity contribution is 0.532. The van der Waals surface area contributed by atoms with E-state index in [0.717, 1.165) is 38.8 Å². The van der Waals surface area contributed by atoms with Gasteiger partial charge in [-0.15, -0.1) is 11.3 Å². The molecular weight excluding hydrogens is 377 g/mol. The van der Waals surface area contributed by atoms with Crippen LogP contribution in [-0.4, -0.2) is 6.54 Å². The van der Waals surface area contributed by atoms with Crippen LogP contribution in [0.2, 0.25) is 10.0 Å². The molecule has 20 heavy (non-hydrogen) atoms. The Morgan fingerprint density at radius 1 is 1.20 bits per heavy atom. The first kappa shape index (κ1) is 16.3. The first-order valence-electron chi connectivity index (χ1n) is 6.53. The van der Waals surface area contributed by atoms with E-state index >= 15 is 0 Å². The van der Waals surface area contributed by atoms with Gasteiger partial charge in [-0.25, -0.2) is 0 Å². The molecule has 1 atom stereocenters. The highest BCUT2D eigenvalue weighted by atomic mass is 79.9. The maximum atomic E-state index is 6.34. The summed E-state index contributed by atoms with van der Waals surface area (Å²) in [4.78, 5) is 1.31. The van der Waals surface area contributed by atoms with Crippen LogP contribution in [0.25, 0.3) is 0 Å². The molecule has 2 rings (SSSR count). The van der Waals surface area contributed by atoms with Gasteiger partial charge in [-0.05, 0) is 53.2 Å². The molecule has 0 spiro atoms. The minimum absolute atomic E-state index is 0.140. The van der Waals surface area contributed by atoms with E-state index in [0.29, 0.717) is 0 Å². The van der Waals surface area contributed by atoms with Crippen molar-refractivity contribution in [3.05, 3.63) is 54.6 Å². The average Bonchev–Trinajstić information content (AvgIpc) is 2.81. The fourth-order valence-electron chi connectivity index (χ4n) is 2.10. The van der Waals surface area contributed by atoms with Crippen molar-refractivity contribution >= 4 is 50.5 Å². The van der Waals surface area contributed by atoms with Crippen LogP contribution in [0.5, 0.6) is 0 Å². The summed E-state index contributed by atoms with van der Waals surface area (Å²) >= 11 is 17.9. The molecule has 0 fully saturated rings. The Labute approximate surface area is 142 Å². The molecule has 0 bridgehead atoms. The summed E-state index contributed by atoms with van der Waals surface area (Å²) in [5.41, 5.74) is 0.994. The minimum atomic E-state index is 0.140. The highest BCUT2D eigenvalue weighted by molar-refractivity contribution is 9.11. The molecule has 0 radical (unpaired) electrons. The van der Waals surface area contributed by atoms with Crippen molar-refractivity contribution in [2.24, 2.45) is 0 Å². The van der Waals surface area contributed by atoms with Gasteiger partial charge in [-0.2, -0.15) is 0 Å². The molecule has 0 aliphatic heterocycles. The zero-order valence-electron chi connectivity index (χ0n) is 11.1. The van der Waals surface area contributed by atoms with Crippen LogP contribution >= 0.6 is 50.5 Å². The lowest BCUT2D eigenvalue weighted by atomic mass is 10.0. The molecule has 1 N–H and O–H groups in total. The largest absolute Gasteiger partial charge is 0.310 e. The Bertz CT molecular complexity index is 551. The van der Waals surface area contributed by atoms with E-state index in [9.17, 15) is 0 Å². The Hall–Kier alpha value is -0.0600. The maximum Gasteiger partial charge on any atom is 0.0701 e. The third-order valence-corrected chi connectivity index (χ3v) is 5.33. The fraction of sp³-hybridized carbons (Fsp3) is 0.333. The molecule has 0 aliphatic carbocycles. The highest BCUT2D eigenvalue weighted by Crippen LogP contribution is 2.34. The predicted octanol–water partition coefficient (Wildman–Crippen LogP) is 6.10. The molecule has 0 aliphatic rings. The lowest BCUT2D eigenvalue weighted by Crippen LogP contribution is -2.24. The second-order valence-corrected chi connectivity index (χ2v) is 7.91. The van der Waals surface area contributed by atoms with E-state index in [1.807, 2.05) is 18.2 Å². The number of hydrogen-bond acceptors (Lipinski definition) is 2. The molecule has 1 unspecified atom stereocenters. The quantitative estimate of drug-likeness (QED) is 0.625. The third kappa shape index (κ3) is 4.22. The first-order chi connectivity index (χ1) is 9.61. The van der Waals surface area contributed by atoms with Gasteiger partial charge in [0, 0.05) is 32.9 Å². The summed E-state index contributed by atoms with van der Waals surface area (Å²) in [7, 11) is 0.